The number of nitrogens with zero attached hydrogens (tertiary/aromatic N) is 3. The molecule has 104 valence electrons. The van der Waals surface area contributed by atoms with Crippen LogP contribution in [-0.4, -0.2) is 45.4 Å². The van der Waals surface area contributed by atoms with Gasteiger partial charge in [0.15, 0.2) is 0 Å². The first-order valence-corrected chi connectivity index (χ1v) is 6.66. The van der Waals surface area contributed by atoms with Crippen LogP contribution in [0.4, 0.5) is 0 Å². The van der Waals surface area contributed by atoms with E-state index in [9.17, 15) is 9.59 Å². The minimum absolute atomic E-state index is 0.135. The molecule has 1 fully saturated rings. The highest BCUT2D eigenvalue weighted by Gasteiger charge is 2.23. The van der Waals surface area contributed by atoms with Gasteiger partial charge in [0.05, 0.1) is 6.33 Å². The van der Waals surface area contributed by atoms with Crippen LogP contribution in [0.3, 0.4) is 0 Å². The molecule has 2 amide bonds. The first kappa shape index (κ1) is 13.6. The maximum atomic E-state index is 11.9. The lowest BCUT2D eigenvalue weighted by molar-refractivity contribution is -0.131. The number of likely N-dealkylation sites (tertiary alicyclic amines) is 1. The van der Waals surface area contributed by atoms with E-state index in [0.717, 1.165) is 25.9 Å². The molecule has 1 aromatic heterocycles. The largest absolute Gasteiger partial charge is 0.348 e. The van der Waals surface area contributed by atoms with Gasteiger partial charge in [-0.1, -0.05) is 6.92 Å². The molecule has 1 aromatic rings. The van der Waals surface area contributed by atoms with Gasteiger partial charge < -0.3 is 14.8 Å². The monoisotopic (exact) mass is 264 g/mol. The highest BCUT2D eigenvalue weighted by molar-refractivity contribution is 5.92. The van der Waals surface area contributed by atoms with Crippen LogP contribution in [0.2, 0.25) is 0 Å². The van der Waals surface area contributed by atoms with Crippen LogP contribution >= 0.6 is 0 Å². The Morgan fingerprint density at radius 3 is 2.63 bits per heavy atom. The molecule has 0 bridgehead atoms. The number of imidazole rings is 1. The lowest BCUT2D eigenvalue weighted by atomic mass is 10.0. The summed E-state index contributed by atoms with van der Waals surface area (Å²) in [5.74, 6) is 0.0513. The molecule has 2 heterocycles. The number of carbonyl (C=O) groups excluding carboxylic acids is 2. The number of aryl methyl sites for hydroxylation is 1. The molecule has 1 saturated heterocycles. The van der Waals surface area contributed by atoms with E-state index in [-0.39, 0.29) is 17.9 Å². The number of hydrogen-bond donors (Lipinski definition) is 1. The third-order valence-electron chi connectivity index (χ3n) is 3.42. The van der Waals surface area contributed by atoms with Gasteiger partial charge >= 0.3 is 0 Å². The second kappa shape index (κ2) is 5.86. The van der Waals surface area contributed by atoms with Crippen molar-refractivity contribution in [3.63, 3.8) is 0 Å². The van der Waals surface area contributed by atoms with Gasteiger partial charge in [0.1, 0.15) is 5.69 Å². The third-order valence-corrected chi connectivity index (χ3v) is 3.42. The van der Waals surface area contributed by atoms with Crippen molar-refractivity contribution in [1.82, 2.24) is 19.8 Å². The van der Waals surface area contributed by atoms with Gasteiger partial charge in [-0.25, -0.2) is 4.98 Å². The second-order valence-corrected chi connectivity index (χ2v) is 4.91. The maximum Gasteiger partial charge on any atom is 0.271 e. The van der Waals surface area contributed by atoms with Gasteiger partial charge in [-0.3, -0.25) is 9.59 Å². The van der Waals surface area contributed by atoms with E-state index in [1.54, 1.807) is 17.1 Å². The number of carbonyl (C=O) groups is 2. The molecule has 0 spiro atoms. The summed E-state index contributed by atoms with van der Waals surface area (Å²) in [6.07, 6.45) is 5.47. The van der Waals surface area contributed by atoms with Crippen LogP contribution in [0.15, 0.2) is 12.5 Å². The van der Waals surface area contributed by atoms with Crippen LogP contribution in [0.1, 0.15) is 36.7 Å². The summed E-state index contributed by atoms with van der Waals surface area (Å²) in [5, 5.41) is 2.97. The number of amides is 2. The fraction of sp³-hybridized carbons (Fsp3) is 0.615. The topological polar surface area (TPSA) is 67.2 Å². The SMILES string of the molecule is CCC(=O)N1CCC(NC(=O)c2cn(C)cn2)CC1. The van der Waals surface area contributed by atoms with E-state index >= 15 is 0 Å². The van der Waals surface area contributed by atoms with Crippen LogP contribution in [0.25, 0.3) is 0 Å². The van der Waals surface area contributed by atoms with Crippen molar-refractivity contribution in [2.75, 3.05) is 13.1 Å². The van der Waals surface area contributed by atoms with E-state index in [1.165, 1.54) is 0 Å². The Morgan fingerprint density at radius 1 is 1.42 bits per heavy atom. The summed E-state index contributed by atoms with van der Waals surface area (Å²) in [7, 11) is 1.83. The quantitative estimate of drug-likeness (QED) is 0.867. The third kappa shape index (κ3) is 3.33. The Labute approximate surface area is 112 Å². The molecule has 1 aliphatic rings. The van der Waals surface area contributed by atoms with Crippen molar-refractivity contribution >= 4 is 11.8 Å². The zero-order chi connectivity index (χ0) is 13.8. The fourth-order valence-electron chi connectivity index (χ4n) is 2.29. The van der Waals surface area contributed by atoms with Gasteiger partial charge in [0.2, 0.25) is 5.91 Å². The highest BCUT2D eigenvalue weighted by Crippen LogP contribution is 2.12. The number of piperidine rings is 1. The standard InChI is InChI=1S/C13H20N4O2/c1-3-12(18)17-6-4-10(5-7-17)15-13(19)11-8-16(2)9-14-11/h8-10H,3-7H2,1-2H3,(H,15,19). The highest BCUT2D eigenvalue weighted by atomic mass is 16.2. The smallest absolute Gasteiger partial charge is 0.271 e. The van der Waals surface area contributed by atoms with Gasteiger partial charge in [0, 0.05) is 38.8 Å². The molecular formula is C13H20N4O2. The summed E-state index contributed by atoms with van der Waals surface area (Å²) in [5.41, 5.74) is 0.439. The molecule has 6 nitrogen and oxygen atoms in total. The number of rotatable bonds is 3. The van der Waals surface area contributed by atoms with Crippen molar-refractivity contribution in [1.29, 1.82) is 0 Å². The summed E-state index contributed by atoms with van der Waals surface area (Å²) < 4.78 is 1.75. The van der Waals surface area contributed by atoms with Crippen molar-refractivity contribution in [3.8, 4) is 0 Å². The van der Waals surface area contributed by atoms with E-state index < -0.39 is 0 Å². The molecule has 0 radical (unpaired) electrons. The Kier molecular flexibility index (Phi) is 4.19. The van der Waals surface area contributed by atoms with Gasteiger partial charge in [0.25, 0.3) is 5.91 Å². The van der Waals surface area contributed by atoms with E-state index in [4.69, 9.17) is 0 Å². The average molecular weight is 264 g/mol. The first-order chi connectivity index (χ1) is 9.10. The lowest BCUT2D eigenvalue weighted by Crippen LogP contribution is -2.46. The molecule has 0 aromatic carbocycles. The normalized spacial score (nSPS) is 16.4. The zero-order valence-electron chi connectivity index (χ0n) is 11.4. The molecule has 6 heteroatoms. The Morgan fingerprint density at radius 2 is 2.11 bits per heavy atom. The minimum atomic E-state index is -0.138. The van der Waals surface area contributed by atoms with Crippen LogP contribution in [0.5, 0.6) is 0 Å². The van der Waals surface area contributed by atoms with E-state index in [0.29, 0.717) is 12.1 Å². The molecule has 19 heavy (non-hydrogen) atoms. The van der Waals surface area contributed by atoms with Crippen LogP contribution in [0, 0.1) is 0 Å². The van der Waals surface area contributed by atoms with Crippen molar-refractivity contribution in [2.45, 2.75) is 32.2 Å². The maximum absolute atomic E-state index is 11.9. The molecule has 0 unspecified atom stereocenters. The van der Waals surface area contributed by atoms with E-state index in [2.05, 4.69) is 10.3 Å². The molecule has 0 atom stereocenters. The average Bonchev–Trinajstić information content (AvgIpc) is 2.85. The van der Waals surface area contributed by atoms with Crippen molar-refractivity contribution in [3.05, 3.63) is 18.2 Å². The Bertz CT molecular complexity index is 461. The Balaban J connectivity index is 1.82. The predicted octanol–water partition coefficient (Wildman–Crippen LogP) is 0.551. The molecule has 0 saturated carbocycles. The zero-order valence-corrected chi connectivity index (χ0v) is 11.4. The first-order valence-electron chi connectivity index (χ1n) is 6.66. The number of hydrogen-bond acceptors (Lipinski definition) is 3. The number of aromatic nitrogens is 2. The van der Waals surface area contributed by atoms with Crippen molar-refractivity contribution in [2.24, 2.45) is 7.05 Å². The molecular weight excluding hydrogens is 244 g/mol. The summed E-state index contributed by atoms with van der Waals surface area (Å²) in [4.78, 5) is 29.4. The fourth-order valence-corrected chi connectivity index (χ4v) is 2.29. The predicted molar refractivity (Wildman–Crippen MR) is 70.6 cm³/mol. The summed E-state index contributed by atoms with van der Waals surface area (Å²) in [6, 6.07) is 0.135. The summed E-state index contributed by atoms with van der Waals surface area (Å²) in [6.45, 7) is 3.32. The molecule has 0 aliphatic carbocycles. The van der Waals surface area contributed by atoms with Gasteiger partial charge in [-0.15, -0.1) is 0 Å². The summed E-state index contributed by atoms with van der Waals surface area (Å²) >= 11 is 0. The van der Waals surface area contributed by atoms with Crippen LogP contribution in [-0.2, 0) is 11.8 Å². The Hall–Kier alpha value is -1.85. The number of nitrogens with one attached hydrogen (secondary N) is 1. The second-order valence-electron chi connectivity index (χ2n) is 4.91. The van der Waals surface area contributed by atoms with Crippen molar-refractivity contribution < 1.29 is 9.59 Å². The molecule has 1 N–H and O–H groups in total. The molecule has 1 aliphatic heterocycles. The van der Waals surface area contributed by atoms with Gasteiger partial charge in [-0.2, -0.15) is 0 Å². The van der Waals surface area contributed by atoms with E-state index in [1.807, 2.05) is 18.9 Å². The molecule has 2 rings (SSSR count). The minimum Gasteiger partial charge on any atom is -0.348 e. The van der Waals surface area contributed by atoms with Crippen LogP contribution < -0.4 is 5.32 Å². The van der Waals surface area contributed by atoms with Gasteiger partial charge in [-0.05, 0) is 12.8 Å². The lowest BCUT2D eigenvalue weighted by Gasteiger charge is -2.32.